The highest BCUT2D eigenvalue weighted by Gasteiger charge is 2.22. The van der Waals surface area contributed by atoms with E-state index < -0.39 is 12.1 Å². The molecule has 0 aliphatic heterocycles. The van der Waals surface area contributed by atoms with E-state index in [2.05, 4.69) is 15.9 Å². The average Bonchev–Trinajstić information content (AvgIpc) is 2.55. The van der Waals surface area contributed by atoms with Crippen LogP contribution in [0, 0.1) is 6.92 Å². The van der Waals surface area contributed by atoms with E-state index in [1.165, 1.54) is 7.11 Å². The van der Waals surface area contributed by atoms with Gasteiger partial charge in [-0.3, -0.25) is 4.79 Å². The van der Waals surface area contributed by atoms with Crippen LogP contribution in [0.25, 0.3) is 0 Å². The molecule has 0 saturated heterocycles. The van der Waals surface area contributed by atoms with Gasteiger partial charge in [0.2, 0.25) is 5.78 Å². The summed E-state index contributed by atoms with van der Waals surface area (Å²) < 4.78 is 11.0. The fraction of sp³-hybridized carbons (Fsp3) is 0.222. The van der Waals surface area contributed by atoms with E-state index in [0.717, 1.165) is 5.56 Å². The number of carbonyl (C=O) groups is 2. The third kappa shape index (κ3) is 4.20. The van der Waals surface area contributed by atoms with Gasteiger partial charge >= 0.3 is 5.97 Å². The molecule has 0 aromatic heterocycles. The molecule has 2 aromatic carbocycles. The largest absolute Gasteiger partial charge is 0.497 e. The van der Waals surface area contributed by atoms with Gasteiger partial charge in [0, 0.05) is 10.0 Å². The number of methoxy groups -OCH3 is 1. The summed E-state index contributed by atoms with van der Waals surface area (Å²) in [5.41, 5.74) is 1.89. The van der Waals surface area contributed by atoms with Crippen molar-refractivity contribution < 1.29 is 19.1 Å². The summed E-state index contributed by atoms with van der Waals surface area (Å²) in [6, 6.07) is 12.1. The van der Waals surface area contributed by atoms with Crippen LogP contribution < -0.4 is 4.74 Å². The summed E-state index contributed by atoms with van der Waals surface area (Å²) in [6.07, 6.45) is -0.872. The molecule has 0 saturated carbocycles. The minimum Gasteiger partial charge on any atom is -0.497 e. The molecule has 0 radical (unpaired) electrons. The standard InChI is InChI=1S/C18H17BrO4/c1-11-4-6-13(7-5-11)17(20)12(2)23-18(21)15-10-14(22-3)8-9-16(15)19/h4-10,12H,1-3H3/t12-/m1/s1. The summed E-state index contributed by atoms with van der Waals surface area (Å²) >= 11 is 3.30. The first-order valence-corrected chi connectivity index (χ1v) is 7.87. The summed E-state index contributed by atoms with van der Waals surface area (Å²) in [7, 11) is 1.52. The van der Waals surface area contributed by atoms with E-state index >= 15 is 0 Å². The highest BCUT2D eigenvalue weighted by atomic mass is 79.9. The number of benzene rings is 2. The van der Waals surface area contributed by atoms with Gasteiger partial charge in [-0.15, -0.1) is 0 Å². The molecule has 0 N–H and O–H groups in total. The Balaban J connectivity index is 2.13. The first kappa shape index (κ1) is 17.2. The van der Waals surface area contributed by atoms with Crippen molar-refractivity contribution in [2.45, 2.75) is 20.0 Å². The number of rotatable bonds is 5. The van der Waals surface area contributed by atoms with Crippen LogP contribution in [0.15, 0.2) is 46.9 Å². The zero-order valence-electron chi connectivity index (χ0n) is 13.1. The highest BCUT2D eigenvalue weighted by molar-refractivity contribution is 9.10. The van der Waals surface area contributed by atoms with Crippen molar-refractivity contribution >= 4 is 27.7 Å². The number of aryl methyl sites for hydroxylation is 1. The molecule has 0 aliphatic rings. The smallest absolute Gasteiger partial charge is 0.340 e. The molecule has 0 bridgehead atoms. The summed E-state index contributed by atoms with van der Waals surface area (Å²) in [4.78, 5) is 24.6. The predicted molar refractivity (Wildman–Crippen MR) is 91.1 cm³/mol. The topological polar surface area (TPSA) is 52.6 Å². The normalized spacial score (nSPS) is 11.7. The molecule has 0 heterocycles. The van der Waals surface area contributed by atoms with Crippen LogP contribution >= 0.6 is 15.9 Å². The van der Waals surface area contributed by atoms with Crippen LogP contribution in [-0.4, -0.2) is 25.0 Å². The molecule has 0 aliphatic carbocycles. The van der Waals surface area contributed by atoms with Crippen LogP contribution in [0.5, 0.6) is 5.75 Å². The van der Waals surface area contributed by atoms with Crippen molar-refractivity contribution in [3.8, 4) is 5.75 Å². The number of hydrogen-bond donors (Lipinski definition) is 0. The van der Waals surface area contributed by atoms with Gasteiger partial charge < -0.3 is 9.47 Å². The zero-order valence-corrected chi connectivity index (χ0v) is 14.7. The molecular weight excluding hydrogens is 360 g/mol. The minimum atomic E-state index is -0.872. The van der Waals surface area contributed by atoms with Crippen molar-refractivity contribution in [2.75, 3.05) is 7.11 Å². The van der Waals surface area contributed by atoms with Crippen LogP contribution in [0.2, 0.25) is 0 Å². The Morgan fingerprint density at radius 3 is 2.35 bits per heavy atom. The molecule has 2 rings (SSSR count). The Kier molecular flexibility index (Phi) is 5.55. The van der Waals surface area contributed by atoms with E-state index in [1.54, 1.807) is 37.3 Å². The van der Waals surface area contributed by atoms with Gasteiger partial charge in [0.05, 0.1) is 12.7 Å². The molecule has 0 unspecified atom stereocenters. The quantitative estimate of drug-likeness (QED) is 0.579. The second kappa shape index (κ2) is 7.42. The lowest BCUT2D eigenvalue weighted by molar-refractivity contribution is 0.0317. The first-order valence-electron chi connectivity index (χ1n) is 7.07. The lowest BCUT2D eigenvalue weighted by Crippen LogP contribution is -2.24. The second-order valence-electron chi connectivity index (χ2n) is 5.12. The molecule has 120 valence electrons. The van der Waals surface area contributed by atoms with Crippen molar-refractivity contribution in [3.05, 3.63) is 63.6 Å². The number of ketones is 1. The molecule has 0 fully saturated rings. The number of halogens is 1. The maximum Gasteiger partial charge on any atom is 0.340 e. The summed E-state index contributed by atoms with van der Waals surface area (Å²) in [5.74, 6) is -0.279. The van der Waals surface area contributed by atoms with Gasteiger partial charge in [0.1, 0.15) is 5.75 Å². The Morgan fingerprint density at radius 2 is 1.74 bits per heavy atom. The third-order valence-electron chi connectivity index (χ3n) is 3.38. The number of carbonyl (C=O) groups excluding carboxylic acids is 2. The minimum absolute atomic E-state index is 0.239. The lowest BCUT2D eigenvalue weighted by Gasteiger charge is -2.14. The van der Waals surface area contributed by atoms with Crippen LogP contribution in [-0.2, 0) is 4.74 Å². The zero-order chi connectivity index (χ0) is 17.0. The predicted octanol–water partition coefficient (Wildman–Crippen LogP) is 4.19. The fourth-order valence-electron chi connectivity index (χ4n) is 2.02. The SMILES string of the molecule is COc1ccc(Br)c(C(=O)O[C@H](C)C(=O)c2ccc(C)cc2)c1. The number of Topliss-reactive ketones (excluding diaryl/α,β-unsaturated/α-hetero) is 1. The van der Waals surface area contributed by atoms with Crippen molar-refractivity contribution in [3.63, 3.8) is 0 Å². The van der Waals surface area contributed by atoms with Gasteiger partial charge in [0.15, 0.2) is 6.10 Å². The van der Waals surface area contributed by atoms with Crippen molar-refractivity contribution in [2.24, 2.45) is 0 Å². The molecule has 4 nitrogen and oxygen atoms in total. The molecular formula is C18H17BrO4. The molecule has 2 aromatic rings. The maximum atomic E-state index is 12.3. The Labute approximate surface area is 143 Å². The number of ether oxygens (including phenoxy) is 2. The Morgan fingerprint density at radius 1 is 1.09 bits per heavy atom. The summed E-state index contributed by atoms with van der Waals surface area (Å²) in [6.45, 7) is 3.51. The molecule has 0 spiro atoms. The number of esters is 1. The Hall–Kier alpha value is -2.14. The highest BCUT2D eigenvalue weighted by Crippen LogP contribution is 2.24. The average molecular weight is 377 g/mol. The molecule has 0 amide bonds. The van der Waals surface area contributed by atoms with Crippen molar-refractivity contribution in [1.82, 2.24) is 0 Å². The molecule has 23 heavy (non-hydrogen) atoms. The monoisotopic (exact) mass is 376 g/mol. The lowest BCUT2D eigenvalue weighted by atomic mass is 10.1. The second-order valence-corrected chi connectivity index (χ2v) is 5.98. The van der Waals surface area contributed by atoms with Gasteiger partial charge in [-0.25, -0.2) is 4.79 Å². The van der Waals surface area contributed by atoms with E-state index in [0.29, 0.717) is 21.3 Å². The Bertz CT molecular complexity index is 722. The van der Waals surface area contributed by atoms with Gasteiger partial charge in [0.25, 0.3) is 0 Å². The molecule has 1 atom stereocenters. The van der Waals surface area contributed by atoms with E-state index in [4.69, 9.17) is 9.47 Å². The summed E-state index contributed by atoms with van der Waals surface area (Å²) in [5, 5.41) is 0. The molecule has 5 heteroatoms. The van der Waals surface area contributed by atoms with Gasteiger partial charge in [-0.2, -0.15) is 0 Å². The van der Waals surface area contributed by atoms with E-state index in [9.17, 15) is 9.59 Å². The maximum absolute atomic E-state index is 12.3. The van der Waals surface area contributed by atoms with E-state index in [-0.39, 0.29) is 5.78 Å². The van der Waals surface area contributed by atoms with Crippen LogP contribution in [0.3, 0.4) is 0 Å². The van der Waals surface area contributed by atoms with Gasteiger partial charge in [-0.1, -0.05) is 29.8 Å². The number of hydrogen-bond acceptors (Lipinski definition) is 4. The van der Waals surface area contributed by atoms with Crippen LogP contribution in [0.1, 0.15) is 33.2 Å². The van der Waals surface area contributed by atoms with Gasteiger partial charge in [-0.05, 0) is 48.0 Å². The third-order valence-corrected chi connectivity index (χ3v) is 4.07. The van der Waals surface area contributed by atoms with Crippen LogP contribution in [0.4, 0.5) is 0 Å². The first-order chi connectivity index (χ1) is 10.9. The van der Waals surface area contributed by atoms with Crippen molar-refractivity contribution in [1.29, 1.82) is 0 Å². The van der Waals surface area contributed by atoms with E-state index in [1.807, 2.05) is 19.1 Å². The fourth-order valence-corrected chi connectivity index (χ4v) is 2.43.